The molecule has 1 N–H and O–H groups in total. The molecule has 0 aromatic heterocycles. The summed E-state index contributed by atoms with van der Waals surface area (Å²) in [5, 5.41) is 2.60. The molecule has 0 bridgehead atoms. The maximum atomic E-state index is 10.8. The third-order valence-electron chi connectivity index (χ3n) is 1.78. The minimum atomic E-state index is 0.121. The Kier molecular flexibility index (Phi) is 2.68. The van der Waals surface area contributed by atoms with Gasteiger partial charge in [0.1, 0.15) is 0 Å². The van der Waals surface area contributed by atoms with Crippen LogP contribution in [0.15, 0.2) is 0 Å². The first-order valence-electron chi connectivity index (χ1n) is 3.61. The van der Waals surface area contributed by atoms with Crippen molar-refractivity contribution in [2.75, 3.05) is 20.3 Å². The quantitative estimate of drug-likeness (QED) is 0.598. The summed E-state index contributed by atoms with van der Waals surface area (Å²) in [6, 6.07) is 0. The fourth-order valence-corrected chi connectivity index (χ4v) is 1.11. The van der Waals surface area contributed by atoms with E-state index in [9.17, 15) is 4.79 Å². The third kappa shape index (κ3) is 1.99. The van der Waals surface area contributed by atoms with Crippen LogP contribution in [0.5, 0.6) is 0 Å². The molecule has 10 heavy (non-hydrogen) atoms. The Hall–Kier alpha value is -0.570. The second-order valence-corrected chi connectivity index (χ2v) is 2.61. The van der Waals surface area contributed by atoms with Crippen molar-refractivity contribution < 1.29 is 9.53 Å². The molecule has 0 unspecified atom stereocenters. The molecule has 1 saturated heterocycles. The highest BCUT2D eigenvalue weighted by atomic mass is 16.5. The van der Waals surface area contributed by atoms with E-state index in [0.717, 1.165) is 19.6 Å². The molecule has 1 fully saturated rings. The van der Waals surface area contributed by atoms with Gasteiger partial charge in [0.2, 0.25) is 5.91 Å². The van der Waals surface area contributed by atoms with E-state index in [2.05, 4.69) is 5.32 Å². The SMILES string of the molecule is CNC(=O)C[C@H]1CCOC1. The molecular formula is C7H13NO2. The number of carbonyl (C=O) groups excluding carboxylic acids is 1. The summed E-state index contributed by atoms with van der Waals surface area (Å²) in [7, 11) is 1.66. The Morgan fingerprint density at radius 3 is 3.10 bits per heavy atom. The second-order valence-electron chi connectivity index (χ2n) is 2.61. The van der Waals surface area contributed by atoms with Crippen LogP contribution in [0, 0.1) is 5.92 Å². The zero-order valence-corrected chi connectivity index (χ0v) is 6.22. The van der Waals surface area contributed by atoms with Crippen molar-refractivity contribution in [3.8, 4) is 0 Å². The number of rotatable bonds is 2. The van der Waals surface area contributed by atoms with Crippen molar-refractivity contribution >= 4 is 5.91 Å². The molecule has 1 rings (SSSR count). The van der Waals surface area contributed by atoms with Crippen LogP contribution in [0.1, 0.15) is 12.8 Å². The van der Waals surface area contributed by atoms with Crippen molar-refractivity contribution in [3.05, 3.63) is 0 Å². The van der Waals surface area contributed by atoms with Crippen molar-refractivity contribution in [1.82, 2.24) is 5.32 Å². The predicted molar refractivity (Wildman–Crippen MR) is 37.6 cm³/mol. The highest BCUT2D eigenvalue weighted by molar-refractivity contribution is 5.75. The van der Waals surface area contributed by atoms with Crippen LogP contribution in [-0.2, 0) is 9.53 Å². The fourth-order valence-electron chi connectivity index (χ4n) is 1.11. The van der Waals surface area contributed by atoms with Crippen LogP contribution in [0.2, 0.25) is 0 Å². The monoisotopic (exact) mass is 143 g/mol. The Labute approximate surface area is 60.7 Å². The predicted octanol–water partition coefficient (Wildman–Crippen LogP) is 0.159. The lowest BCUT2D eigenvalue weighted by Crippen LogP contribution is -2.21. The van der Waals surface area contributed by atoms with Crippen molar-refractivity contribution in [1.29, 1.82) is 0 Å². The average Bonchev–Trinajstić information content (AvgIpc) is 2.40. The minimum Gasteiger partial charge on any atom is -0.381 e. The summed E-state index contributed by atoms with van der Waals surface area (Å²) in [5.74, 6) is 0.579. The molecule has 58 valence electrons. The van der Waals surface area contributed by atoms with Gasteiger partial charge < -0.3 is 10.1 Å². The molecule has 1 heterocycles. The number of carbonyl (C=O) groups is 1. The highest BCUT2D eigenvalue weighted by Gasteiger charge is 2.17. The van der Waals surface area contributed by atoms with Crippen LogP contribution in [0.4, 0.5) is 0 Å². The van der Waals surface area contributed by atoms with Gasteiger partial charge in [-0.25, -0.2) is 0 Å². The molecule has 1 atom stereocenters. The molecule has 3 nitrogen and oxygen atoms in total. The van der Waals surface area contributed by atoms with Crippen LogP contribution in [0.25, 0.3) is 0 Å². The molecule has 0 aromatic rings. The number of nitrogens with one attached hydrogen (secondary N) is 1. The number of ether oxygens (including phenoxy) is 1. The van der Waals surface area contributed by atoms with E-state index in [1.807, 2.05) is 0 Å². The Morgan fingerprint density at radius 1 is 1.80 bits per heavy atom. The summed E-state index contributed by atoms with van der Waals surface area (Å²) in [6.45, 7) is 1.58. The maximum absolute atomic E-state index is 10.8. The van der Waals surface area contributed by atoms with Crippen molar-refractivity contribution in [3.63, 3.8) is 0 Å². The van der Waals surface area contributed by atoms with E-state index >= 15 is 0 Å². The van der Waals surface area contributed by atoms with Gasteiger partial charge in [0, 0.05) is 26.7 Å². The van der Waals surface area contributed by atoms with E-state index in [1.165, 1.54) is 0 Å². The van der Waals surface area contributed by atoms with E-state index in [0.29, 0.717) is 12.3 Å². The lowest BCUT2D eigenvalue weighted by atomic mass is 10.1. The minimum absolute atomic E-state index is 0.121. The standard InChI is InChI=1S/C7H13NO2/c1-8-7(9)4-6-2-3-10-5-6/h6H,2-5H2,1H3,(H,8,9)/t6-/m1/s1. The van der Waals surface area contributed by atoms with Gasteiger partial charge in [-0.15, -0.1) is 0 Å². The fraction of sp³-hybridized carbons (Fsp3) is 0.857. The smallest absolute Gasteiger partial charge is 0.220 e. The Morgan fingerprint density at radius 2 is 2.60 bits per heavy atom. The Balaban J connectivity index is 2.17. The zero-order chi connectivity index (χ0) is 7.40. The van der Waals surface area contributed by atoms with E-state index in [-0.39, 0.29) is 5.91 Å². The maximum Gasteiger partial charge on any atom is 0.220 e. The highest BCUT2D eigenvalue weighted by Crippen LogP contribution is 2.15. The molecule has 3 heteroatoms. The number of amides is 1. The summed E-state index contributed by atoms with van der Waals surface area (Å²) < 4.78 is 5.12. The van der Waals surface area contributed by atoms with Crippen LogP contribution < -0.4 is 5.32 Å². The molecule has 0 radical (unpaired) electrons. The van der Waals surface area contributed by atoms with Gasteiger partial charge in [0.15, 0.2) is 0 Å². The topological polar surface area (TPSA) is 38.3 Å². The first kappa shape index (κ1) is 7.54. The molecule has 0 saturated carbocycles. The first-order valence-corrected chi connectivity index (χ1v) is 3.61. The Bertz CT molecular complexity index is 119. The van der Waals surface area contributed by atoms with Crippen LogP contribution in [-0.4, -0.2) is 26.2 Å². The summed E-state index contributed by atoms with van der Waals surface area (Å²) in [5.41, 5.74) is 0. The first-order chi connectivity index (χ1) is 4.83. The molecule has 1 aliphatic rings. The summed E-state index contributed by atoms with van der Waals surface area (Å²) in [4.78, 5) is 10.8. The van der Waals surface area contributed by atoms with Gasteiger partial charge in [-0.2, -0.15) is 0 Å². The second kappa shape index (κ2) is 3.56. The molecule has 0 spiro atoms. The van der Waals surface area contributed by atoms with Gasteiger partial charge >= 0.3 is 0 Å². The number of hydrogen-bond acceptors (Lipinski definition) is 2. The lowest BCUT2D eigenvalue weighted by molar-refractivity contribution is -0.121. The van der Waals surface area contributed by atoms with Gasteiger partial charge in [0.25, 0.3) is 0 Å². The number of hydrogen-bond donors (Lipinski definition) is 1. The molecule has 0 aromatic carbocycles. The van der Waals surface area contributed by atoms with Gasteiger partial charge in [-0.05, 0) is 12.3 Å². The summed E-state index contributed by atoms with van der Waals surface area (Å²) >= 11 is 0. The summed E-state index contributed by atoms with van der Waals surface area (Å²) in [6.07, 6.45) is 1.66. The lowest BCUT2D eigenvalue weighted by Gasteiger charge is -2.03. The van der Waals surface area contributed by atoms with E-state index in [1.54, 1.807) is 7.05 Å². The van der Waals surface area contributed by atoms with E-state index < -0.39 is 0 Å². The zero-order valence-electron chi connectivity index (χ0n) is 6.22. The molecule has 1 aliphatic heterocycles. The molecule has 0 aliphatic carbocycles. The largest absolute Gasteiger partial charge is 0.381 e. The van der Waals surface area contributed by atoms with Gasteiger partial charge in [0.05, 0.1) is 0 Å². The van der Waals surface area contributed by atoms with Gasteiger partial charge in [-0.1, -0.05) is 0 Å². The van der Waals surface area contributed by atoms with E-state index in [4.69, 9.17) is 4.74 Å². The third-order valence-corrected chi connectivity index (χ3v) is 1.78. The normalized spacial score (nSPS) is 24.7. The average molecular weight is 143 g/mol. The van der Waals surface area contributed by atoms with Crippen LogP contribution in [0.3, 0.4) is 0 Å². The molecule has 1 amide bonds. The van der Waals surface area contributed by atoms with Crippen LogP contribution >= 0.6 is 0 Å². The van der Waals surface area contributed by atoms with Crippen molar-refractivity contribution in [2.24, 2.45) is 5.92 Å². The van der Waals surface area contributed by atoms with Gasteiger partial charge in [-0.3, -0.25) is 4.79 Å². The molecular weight excluding hydrogens is 130 g/mol. The van der Waals surface area contributed by atoms with Crippen molar-refractivity contribution in [2.45, 2.75) is 12.8 Å².